The highest BCUT2D eigenvalue weighted by Gasteiger charge is 2.35. The van der Waals surface area contributed by atoms with Crippen LogP contribution in [0.2, 0.25) is 0 Å². The molecule has 5 nitrogen and oxygen atoms in total. The molecule has 1 aliphatic heterocycles. The smallest absolute Gasteiger partial charge is 0.229 e. The maximum absolute atomic E-state index is 12.7. The maximum atomic E-state index is 12.7. The molecule has 4 rings (SSSR count). The Labute approximate surface area is 145 Å². The number of rotatable bonds is 4. The predicted molar refractivity (Wildman–Crippen MR) is 94.1 cm³/mol. The van der Waals surface area contributed by atoms with Crippen LogP contribution in [-0.2, 0) is 11.4 Å². The Balaban J connectivity index is 1.44. The molecule has 1 aromatic heterocycles. The zero-order valence-electron chi connectivity index (χ0n) is 14.1. The summed E-state index contributed by atoms with van der Waals surface area (Å²) in [6, 6.07) is 16.1. The number of nitrogens with zero attached hydrogens (tertiary/aromatic N) is 2. The third-order valence-electron chi connectivity index (χ3n) is 4.99. The van der Waals surface area contributed by atoms with Crippen molar-refractivity contribution in [2.45, 2.75) is 25.4 Å². The van der Waals surface area contributed by atoms with Gasteiger partial charge in [0.1, 0.15) is 6.61 Å². The Hall–Kier alpha value is -2.66. The van der Waals surface area contributed by atoms with Gasteiger partial charge in [-0.15, -0.1) is 0 Å². The minimum absolute atomic E-state index is 0.136. The Bertz CT molecular complexity index is 912. The fraction of sp³-hybridized carbons (Fsp3) is 0.300. The van der Waals surface area contributed by atoms with Crippen molar-refractivity contribution in [2.24, 2.45) is 0 Å². The second-order valence-corrected chi connectivity index (χ2v) is 6.64. The normalized spacial score (nSPS) is 16.0. The first-order valence-corrected chi connectivity index (χ1v) is 8.49. The number of aliphatic hydroxyl groups excluding tert-OH is 1. The quantitative estimate of drug-likeness (QED) is 0.795. The molecule has 0 radical (unpaired) electrons. The Morgan fingerprint density at radius 2 is 2.00 bits per heavy atom. The Morgan fingerprint density at radius 1 is 1.24 bits per heavy atom. The van der Waals surface area contributed by atoms with Crippen LogP contribution in [0.4, 0.5) is 0 Å². The van der Waals surface area contributed by atoms with Gasteiger partial charge in [0.15, 0.2) is 5.76 Å². The van der Waals surface area contributed by atoms with E-state index < -0.39 is 0 Å². The summed E-state index contributed by atoms with van der Waals surface area (Å²) in [5.41, 5.74) is 1.85. The van der Waals surface area contributed by atoms with Gasteiger partial charge in [-0.2, -0.15) is 0 Å². The zero-order chi connectivity index (χ0) is 17.4. The number of aliphatic hydroxyl groups is 1. The summed E-state index contributed by atoms with van der Waals surface area (Å²) < 4.78 is 5.02. The van der Waals surface area contributed by atoms with E-state index in [1.807, 2.05) is 30.0 Å². The van der Waals surface area contributed by atoms with E-state index >= 15 is 0 Å². The molecule has 0 spiro atoms. The fourth-order valence-corrected chi connectivity index (χ4v) is 3.34. The lowest BCUT2D eigenvalue weighted by Gasteiger charge is -2.39. The minimum Gasteiger partial charge on any atom is -0.388 e. The lowest BCUT2D eigenvalue weighted by Crippen LogP contribution is -2.50. The van der Waals surface area contributed by atoms with Crippen molar-refractivity contribution in [1.82, 2.24) is 10.1 Å². The van der Waals surface area contributed by atoms with Gasteiger partial charge in [-0.1, -0.05) is 47.6 Å². The highest BCUT2D eigenvalue weighted by molar-refractivity contribution is 5.88. The van der Waals surface area contributed by atoms with Gasteiger partial charge in [0, 0.05) is 25.1 Å². The number of carbonyl (C=O) groups excluding carboxylic acids is 1. The molecule has 1 atom stereocenters. The van der Waals surface area contributed by atoms with Gasteiger partial charge in [-0.25, -0.2) is 0 Å². The van der Waals surface area contributed by atoms with Gasteiger partial charge in [-0.3, -0.25) is 4.79 Å². The Kier molecular flexibility index (Phi) is 4.01. The molecule has 25 heavy (non-hydrogen) atoms. The monoisotopic (exact) mass is 336 g/mol. The maximum Gasteiger partial charge on any atom is 0.229 e. The van der Waals surface area contributed by atoms with Crippen molar-refractivity contribution in [3.05, 3.63) is 65.5 Å². The van der Waals surface area contributed by atoms with Crippen LogP contribution in [0.15, 0.2) is 53.1 Å². The molecule has 1 N–H and O–H groups in total. The summed E-state index contributed by atoms with van der Waals surface area (Å²) in [4.78, 5) is 14.6. The van der Waals surface area contributed by atoms with E-state index in [-0.39, 0.29) is 24.3 Å². The number of fused-ring (bicyclic) bond motifs is 1. The first-order chi connectivity index (χ1) is 12.2. The summed E-state index contributed by atoms with van der Waals surface area (Å²) in [5, 5.41) is 15.3. The molecule has 5 heteroatoms. The van der Waals surface area contributed by atoms with Gasteiger partial charge >= 0.3 is 0 Å². The average molecular weight is 336 g/mol. The van der Waals surface area contributed by atoms with Crippen LogP contribution in [0.25, 0.3) is 10.8 Å². The average Bonchev–Trinajstić information content (AvgIpc) is 3.08. The van der Waals surface area contributed by atoms with Crippen LogP contribution in [0, 0.1) is 0 Å². The van der Waals surface area contributed by atoms with Crippen molar-refractivity contribution in [2.75, 3.05) is 13.1 Å². The molecule has 1 saturated heterocycles. The third-order valence-corrected chi connectivity index (χ3v) is 4.99. The van der Waals surface area contributed by atoms with E-state index in [1.54, 1.807) is 6.07 Å². The third kappa shape index (κ3) is 2.91. The number of amides is 1. The molecule has 128 valence electrons. The topological polar surface area (TPSA) is 66.6 Å². The molecule has 0 bridgehead atoms. The molecule has 1 amide bonds. The lowest BCUT2D eigenvalue weighted by molar-refractivity contribution is -0.137. The lowest BCUT2D eigenvalue weighted by atomic mass is 9.91. The van der Waals surface area contributed by atoms with Crippen molar-refractivity contribution in [1.29, 1.82) is 0 Å². The van der Waals surface area contributed by atoms with E-state index in [0.29, 0.717) is 18.8 Å². The van der Waals surface area contributed by atoms with Crippen molar-refractivity contribution in [3.63, 3.8) is 0 Å². The van der Waals surface area contributed by atoms with E-state index in [4.69, 9.17) is 9.63 Å². The second-order valence-electron chi connectivity index (χ2n) is 6.64. The number of benzene rings is 2. The molecule has 2 heterocycles. The summed E-state index contributed by atoms with van der Waals surface area (Å²) in [6.07, 6.45) is 0. The van der Waals surface area contributed by atoms with Gasteiger partial charge in [0.25, 0.3) is 0 Å². The first kappa shape index (κ1) is 15.8. The van der Waals surface area contributed by atoms with E-state index in [9.17, 15) is 4.79 Å². The number of hydrogen-bond donors (Lipinski definition) is 1. The summed E-state index contributed by atoms with van der Waals surface area (Å²) in [7, 11) is 0. The van der Waals surface area contributed by atoms with Crippen LogP contribution in [0.5, 0.6) is 0 Å². The predicted octanol–water partition coefficient (Wildman–Crippen LogP) is 3.05. The molecular weight excluding hydrogens is 316 g/mol. The highest BCUT2D eigenvalue weighted by Crippen LogP contribution is 2.31. The first-order valence-electron chi connectivity index (χ1n) is 8.49. The second kappa shape index (κ2) is 6.33. The van der Waals surface area contributed by atoms with Gasteiger partial charge < -0.3 is 14.5 Å². The number of likely N-dealkylation sites (tertiary alicyclic amines) is 1. The van der Waals surface area contributed by atoms with Crippen molar-refractivity contribution < 1.29 is 14.4 Å². The van der Waals surface area contributed by atoms with Crippen LogP contribution in [0.3, 0.4) is 0 Å². The molecule has 2 aromatic carbocycles. The molecule has 0 saturated carbocycles. The molecule has 1 fully saturated rings. The number of aromatic nitrogens is 1. The van der Waals surface area contributed by atoms with Crippen LogP contribution < -0.4 is 0 Å². The SMILES string of the molecule is CC(C(=O)N1CC(c2cc(CO)on2)C1)c1ccc2ccccc2c1. The molecule has 3 aromatic rings. The minimum atomic E-state index is -0.170. The molecule has 1 aliphatic rings. The van der Waals surface area contributed by atoms with Gasteiger partial charge in [0.05, 0.1) is 11.6 Å². The van der Waals surface area contributed by atoms with Gasteiger partial charge in [0.2, 0.25) is 5.91 Å². The van der Waals surface area contributed by atoms with Crippen LogP contribution in [-0.4, -0.2) is 34.2 Å². The van der Waals surface area contributed by atoms with Crippen molar-refractivity contribution in [3.8, 4) is 0 Å². The number of carbonyl (C=O) groups is 1. The molecule has 1 unspecified atom stereocenters. The number of hydrogen-bond acceptors (Lipinski definition) is 4. The van der Waals surface area contributed by atoms with Gasteiger partial charge in [-0.05, 0) is 23.3 Å². The summed E-state index contributed by atoms with van der Waals surface area (Å²) in [6.45, 7) is 3.10. The standard InChI is InChI=1S/C20H20N2O3/c1-13(15-7-6-14-4-2-3-5-16(14)8-15)20(24)22-10-17(11-22)19-9-18(12-23)25-21-19/h2-9,13,17,23H,10-12H2,1H3. The zero-order valence-corrected chi connectivity index (χ0v) is 14.1. The van der Waals surface area contributed by atoms with E-state index in [1.165, 1.54) is 5.39 Å². The van der Waals surface area contributed by atoms with Crippen LogP contribution >= 0.6 is 0 Å². The summed E-state index contributed by atoms with van der Waals surface area (Å²) in [5.74, 6) is 0.620. The summed E-state index contributed by atoms with van der Waals surface area (Å²) >= 11 is 0. The van der Waals surface area contributed by atoms with E-state index in [2.05, 4.69) is 29.4 Å². The largest absolute Gasteiger partial charge is 0.388 e. The molecule has 0 aliphatic carbocycles. The fourth-order valence-electron chi connectivity index (χ4n) is 3.34. The Morgan fingerprint density at radius 3 is 2.72 bits per heavy atom. The van der Waals surface area contributed by atoms with Crippen molar-refractivity contribution >= 4 is 16.7 Å². The van der Waals surface area contributed by atoms with E-state index in [0.717, 1.165) is 16.6 Å². The molecular formula is C20H20N2O3. The van der Waals surface area contributed by atoms with Crippen LogP contribution in [0.1, 0.15) is 35.8 Å². The highest BCUT2D eigenvalue weighted by atomic mass is 16.5.